The minimum Gasteiger partial charge on any atom is -0.316 e. The molecule has 1 aromatic carbocycles. The van der Waals surface area contributed by atoms with Crippen molar-refractivity contribution in [1.29, 1.82) is 0 Å². The number of nitrogens with one attached hydrogen (secondary N) is 1. The van der Waals surface area contributed by atoms with Gasteiger partial charge in [0.2, 0.25) is 0 Å². The molecule has 1 heterocycles. The maximum absolute atomic E-state index is 4.95. The number of aromatic nitrogens is 2. The molecule has 2 aliphatic rings. The predicted octanol–water partition coefficient (Wildman–Crippen LogP) is 4.36. The maximum Gasteiger partial charge on any atom is 0.125 e. The van der Waals surface area contributed by atoms with Gasteiger partial charge in [-0.15, -0.1) is 0 Å². The third-order valence-corrected chi connectivity index (χ3v) is 6.14. The van der Waals surface area contributed by atoms with E-state index in [0.29, 0.717) is 0 Å². The average molecular weight is 350 g/mol. The Hall–Kier alpha value is -1.74. The highest BCUT2D eigenvalue weighted by atomic mass is 14.9. The van der Waals surface area contributed by atoms with Crippen molar-refractivity contribution < 1.29 is 0 Å². The molecular weight excluding hydrogens is 318 g/mol. The molecule has 1 saturated carbocycles. The number of rotatable bonds is 7. The van der Waals surface area contributed by atoms with Gasteiger partial charge in [-0.25, -0.2) is 9.97 Å². The highest BCUT2D eigenvalue weighted by Gasteiger charge is 2.36. The molecular formula is C23H31N3. The molecule has 138 valence electrons. The van der Waals surface area contributed by atoms with Crippen LogP contribution in [0.4, 0.5) is 0 Å². The number of nitrogens with zero attached hydrogens (tertiary/aromatic N) is 2. The lowest BCUT2D eigenvalue weighted by Gasteiger charge is -2.36. The highest BCUT2D eigenvalue weighted by molar-refractivity contribution is 5.43. The second kappa shape index (κ2) is 7.48. The first-order chi connectivity index (χ1) is 12.7. The van der Waals surface area contributed by atoms with Crippen molar-refractivity contribution in [3.05, 3.63) is 58.7 Å². The number of hydrogen-bond donors (Lipinski definition) is 1. The Morgan fingerprint density at radius 3 is 2.73 bits per heavy atom. The van der Waals surface area contributed by atoms with Crippen LogP contribution in [0.1, 0.15) is 67.4 Å². The van der Waals surface area contributed by atoms with Crippen LogP contribution in [0.5, 0.6) is 0 Å². The summed E-state index contributed by atoms with van der Waals surface area (Å²) in [5.74, 6) is 1.88. The summed E-state index contributed by atoms with van der Waals surface area (Å²) in [5, 5.41) is 3.61. The zero-order valence-corrected chi connectivity index (χ0v) is 16.2. The van der Waals surface area contributed by atoms with E-state index in [-0.39, 0.29) is 5.41 Å². The van der Waals surface area contributed by atoms with Crippen LogP contribution in [0.15, 0.2) is 30.3 Å². The van der Waals surface area contributed by atoms with E-state index in [2.05, 4.69) is 49.5 Å². The predicted molar refractivity (Wildman–Crippen MR) is 107 cm³/mol. The molecule has 26 heavy (non-hydrogen) atoms. The minimum absolute atomic E-state index is 0.0154. The van der Waals surface area contributed by atoms with Gasteiger partial charge in [0.25, 0.3) is 0 Å². The van der Waals surface area contributed by atoms with E-state index in [1.54, 1.807) is 0 Å². The number of benzene rings is 1. The second-order valence-electron chi connectivity index (χ2n) is 8.35. The number of hydrogen-bond acceptors (Lipinski definition) is 3. The van der Waals surface area contributed by atoms with Crippen molar-refractivity contribution in [2.75, 3.05) is 13.1 Å². The van der Waals surface area contributed by atoms with Crippen LogP contribution in [0, 0.1) is 12.8 Å². The Kier molecular flexibility index (Phi) is 5.08. The zero-order chi connectivity index (χ0) is 18.0. The normalized spacial score (nSPS) is 22.2. The van der Waals surface area contributed by atoms with Crippen molar-refractivity contribution in [3.63, 3.8) is 0 Å². The summed E-state index contributed by atoms with van der Waals surface area (Å²) in [6.07, 6.45) is 8.59. The van der Waals surface area contributed by atoms with Crippen molar-refractivity contribution in [3.8, 4) is 0 Å². The summed E-state index contributed by atoms with van der Waals surface area (Å²) < 4.78 is 0. The Morgan fingerprint density at radius 2 is 1.96 bits per heavy atom. The molecule has 2 aliphatic carbocycles. The van der Waals surface area contributed by atoms with Crippen LogP contribution in [0.25, 0.3) is 0 Å². The first-order valence-corrected chi connectivity index (χ1v) is 10.3. The van der Waals surface area contributed by atoms with E-state index >= 15 is 0 Å². The van der Waals surface area contributed by atoms with Gasteiger partial charge in [0.1, 0.15) is 5.82 Å². The van der Waals surface area contributed by atoms with Crippen LogP contribution in [-0.4, -0.2) is 23.1 Å². The quantitative estimate of drug-likeness (QED) is 0.755. The van der Waals surface area contributed by atoms with Crippen molar-refractivity contribution >= 4 is 0 Å². The van der Waals surface area contributed by atoms with Gasteiger partial charge in [0, 0.05) is 11.1 Å². The van der Waals surface area contributed by atoms with Gasteiger partial charge < -0.3 is 5.32 Å². The molecule has 1 fully saturated rings. The smallest absolute Gasteiger partial charge is 0.125 e. The molecule has 0 saturated heterocycles. The topological polar surface area (TPSA) is 37.8 Å². The molecule has 1 N–H and O–H groups in total. The first-order valence-electron chi connectivity index (χ1n) is 10.3. The Labute approximate surface area is 157 Å². The van der Waals surface area contributed by atoms with Crippen molar-refractivity contribution in [2.45, 2.75) is 64.2 Å². The SMILES string of the molecule is Cc1nc(CCCNCC2CC2)c2c(n1)C(C)(c1ccccc1)CCC2. The van der Waals surface area contributed by atoms with Crippen LogP contribution in [0.3, 0.4) is 0 Å². The largest absolute Gasteiger partial charge is 0.316 e. The Morgan fingerprint density at radius 1 is 1.15 bits per heavy atom. The van der Waals surface area contributed by atoms with Gasteiger partial charge in [-0.05, 0) is 88.9 Å². The van der Waals surface area contributed by atoms with Gasteiger partial charge in [-0.1, -0.05) is 30.3 Å². The maximum atomic E-state index is 4.95. The molecule has 0 radical (unpaired) electrons. The third-order valence-electron chi connectivity index (χ3n) is 6.14. The lowest BCUT2D eigenvalue weighted by atomic mass is 9.69. The summed E-state index contributed by atoms with van der Waals surface area (Å²) in [6.45, 7) is 6.72. The molecule has 3 nitrogen and oxygen atoms in total. The third kappa shape index (κ3) is 3.68. The van der Waals surface area contributed by atoms with Crippen molar-refractivity contribution in [2.24, 2.45) is 5.92 Å². The summed E-state index contributed by atoms with van der Waals surface area (Å²) in [7, 11) is 0. The number of aryl methyl sites for hydroxylation is 2. The fraction of sp³-hybridized carbons (Fsp3) is 0.565. The monoisotopic (exact) mass is 349 g/mol. The summed E-state index contributed by atoms with van der Waals surface area (Å²) in [4.78, 5) is 9.80. The molecule has 0 spiro atoms. The van der Waals surface area contributed by atoms with E-state index in [4.69, 9.17) is 9.97 Å². The zero-order valence-electron chi connectivity index (χ0n) is 16.2. The fourth-order valence-corrected chi connectivity index (χ4v) is 4.41. The molecule has 0 bridgehead atoms. The Balaban J connectivity index is 1.55. The molecule has 0 aliphatic heterocycles. The number of fused-ring (bicyclic) bond motifs is 1. The van der Waals surface area contributed by atoms with Gasteiger partial charge in [-0.2, -0.15) is 0 Å². The van der Waals surface area contributed by atoms with Crippen LogP contribution < -0.4 is 5.32 Å². The molecule has 0 amide bonds. The fourth-order valence-electron chi connectivity index (χ4n) is 4.41. The van der Waals surface area contributed by atoms with Gasteiger partial charge in [-0.3, -0.25) is 0 Å². The van der Waals surface area contributed by atoms with Gasteiger partial charge >= 0.3 is 0 Å². The summed E-state index contributed by atoms with van der Waals surface area (Å²) >= 11 is 0. The Bertz CT molecular complexity index is 752. The van der Waals surface area contributed by atoms with Gasteiger partial charge in [0.15, 0.2) is 0 Å². The molecule has 3 heteroatoms. The summed E-state index contributed by atoms with van der Waals surface area (Å²) in [6, 6.07) is 10.9. The molecule has 1 unspecified atom stereocenters. The standard InChI is InChI=1S/C23H31N3/c1-17-25-21(11-7-15-24-16-18-12-13-18)20-10-6-14-23(2,22(20)26-17)19-8-4-3-5-9-19/h3-5,8-9,18,24H,6-7,10-16H2,1-2H3. The van der Waals surface area contributed by atoms with E-state index in [0.717, 1.165) is 37.5 Å². The lowest BCUT2D eigenvalue weighted by Crippen LogP contribution is -2.32. The molecule has 2 aromatic rings. The lowest BCUT2D eigenvalue weighted by molar-refractivity contribution is 0.443. The second-order valence-corrected chi connectivity index (χ2v) is 8.35. The minimum atomic E-state index is 0.0154. The molecule has 1 aromatic heterocycles. The van der Waals surface area contributed by atoms with E-state index < -0.39 is 0 Å². The van der Waals surface area contributed by atoms with Crippen LogP contribution >= 0.6 is 0 Å². The van der Waals surface area contributed by atoms with Crippen molar-refractivity contribution in [1.82, 2.24) is 15.3 Å². The average Bonchev–Trinajstić information content (AvgIpc) is 3.47. The highest BCUT2D eigenvalue weighted by Crippen LogP contribution is 2.42. The van der Waals surface area contributed by atoms with Crippen LogP contribution in [0.2, 0.25) is 0 Å². The van der Waals surface area contributed by atoms with Gasteiger partial charge in [0.05, 0.1) is 5.69 Å². The van der Waals surface area contributed by atoms with E-state index in [1.807, 2.05) is 0 Å². The molecule has 4 rings (SSSR count). The van der Waals surface area contributed by atoms with E-state index in [1.165, 1.54) is 54.7 Å². The van der Waals surface area contributed by atoms with Crippen LogP contribution in [-0.2, 0) is 18.3 Å². The summed E-state index contributed by atoms with van der Waals surface area (Å²) in [5.41, 5.74) is 5.40. The first kappa shape index (κ1) is 17.7. The van der Waals surface area contributed by atoms with E-state index in [9.17, 15) is 0 Å². The molecule has 1 atom stereocenters.